The van der Waals surface area contributed by atoms with Crippen molar-refractivity contribution in [3.8, 4) is 0 Å². The van der Waals surface area contributed by atoms with Crippen molar-refractivity contribution in [2.45, 2.75) is 57.5 Å². The van der Waals surface area contributed by atoms with Gasteiger partial charge in [0.15, 0.2) is 0 Å². The molecule has 4 nitrogen and oxygen atoms in total. The molecule has 5 heteroatoms. The Labute approximate surface area is 158 Å². The molecule has 3 heterocycles. The number of H-pyrrole nitrogens is 1. The Morgan fingerprint density at radius 2 is 2.07 bits per heavy atom. The van der Waals surface area contributed by atoms with E-state index in [0.717, 1.165) is 48.3 Å². The summed E-state index contributed by atoms with van der Waals surface area (Å²) in [5.74, 6) is 1.40. The third kappa shape index (κ3) is 3.36. The second kappa shape index (κ2) is 7.04. The number of halogens is 1. The van der Waals surface area contributed by atoms with Gasteiger partial charge in [-0.1, -0.05) is 19.3 Å². The molecule has 2 aromatic heterocycles. The molecule has 1 aromatic carbocycles. The van der Waals surface area contributed by atoms with E-state index in [0.29, 0.717) is 5.92 Å². The maximum absolute atomic E-state index is 13.6. The van der Waals surface area contributed by atoms with Gasteiger partial charge in [0, 0.05) is 48.8 Å². The second-order valence-electron chi connectivity index (χ2n) is 8.00. The molecule has 27 heavy (non-hydrogen) atoms. The highest BCUT2D eigenvalue weighted by Gasteiger charge is 2.23. The van der Waals surface area contributed by atoms with Gasteiger partial charge in [-0.25, -0.2) is 14.4 Å². The minimum Gasteiger partial charge on any atom is -0.361 e. The molecule has 0 amide bonds. The van der Waals surface area contributed by atoms with Gasteiger partial charge in [-0.15, -0.1) is 0 Å². The van der Waals surface area contributed by atoms with Crippen LogP contribution in [0.5, 0.6) is 0 Å². The predicted octanol–water partition coefficient (Wildman–Crippen LogP) is 4.70. The van der Waals surface area contributed by atoms with E-state index in [4.69, 9.17) is 9.97 Å². The van der Waals surface area contributed by atoms with Crippen molar-refractivity contribution >= 4 is 10.9 Å². The smallest absolute Gasteiger partial charge is 0.131 e. The number of benzene rings is 1. The number of aromatic amines is 1. The van der Waals surface area contributed by atoms with Gasteiger partial charge in [0.2, 0.25) is 0 Å². The Morgan fingerprint density at radius 1 is 1.19 bits per heavy atom. The molecule has 5 rings (SSSR count). The monoisotopic (exact) mass is 364 g/mol. The summed E-state index contributed by atoms with van der Waals surface area (Å²) in [6.07, 6.45) is 11.4. The maximum atomic E-state index is 13.6. The molecule has 2 aliphatic rings. The van der Waals surface area contributed by atoms with Crippen LogP contribution >= 0.6 is 0 Å². The van der Waals surface area contributed by atoms with E-state index in [-0.39, 0.29) is 5.82 Å². The topological polar surface area (TPSA) is 44.8 Å². The molecule has 1 aliphatic heterocycles. The average Bonchev–Trinajstić information content (AvgIpc) is 3.10. The van der Waals surface area contributed by atoms with E-state index in [1.807, 2.05) is 12.3 Å². The highest BCUT2D eigenvalue weighted by Crippen LogP contribution is 2.31. The van der Waals surface area contributed by atoms with Crippen LogP contribution in [-0.4, -0.2) is 26.4 Å². The number of fused-ring (bicyclic) bond motifs is 2. The normalized spacial score (nSPS) is 18.7. The van der Waals surface area contributed by atoms with Crippen LogP contribution in [0.4, 0.5) is 4.39 Å². The summed E-state index contributed by atoms with van der Waals surface area (Å²) in [5, 5.41) is 0.978. The Kier molecular flexibility index (Phi) is 4.40. The maximum Gasteiger partial charge on any atom is 0.131 e. The van der Waals surface area contributed by atoms with E-state index in [1.54, 1.807) is 6.07 Å². The quantitative estimate of drug-likeness (QED) is 0.732. The Morgan fingerprint density at radius 3 is 2.96 bits per heavy atom. The molecule has 0 saturated heterocycles. The third-order valence-corrected chi connectivity index (χ3v) is 6.14. The van der Waals surface area contributed by atoms with Crippen molar-refractivity contribution in [2.24, 2.45) is 0 Å². The minimum absolute atomic E-state index is 0.183. The van der Waals surface area contributed by atoms with E-state index < -0.39 is 0 Å². The molecule has 1 fully saturated rings. The van der Waals surface area contributed by atoms with Gasteiger partial charge in [-0.2, -0.15) is 0 Å². The zero-order chi connectivity index (χ0) is 18.2. The summed E-state index contributed by atoms with van der Waals surface area (Å²) < 4.78 is 13.6. The molecule has 3 aromatic rings. The van der Waals surface area contributed by atoms with Crippen molar-refractivity contribution in [1.82, 2.24) is 19.9 Å². The highest BCUT2D eigenvalue weighted by atomic mass is 19.1. The molecular weight excluding hydrogens is 339 g/mol. The molecule has 0 atom stereocenters. The number of nitrogens with zero attached hydrogens (tertiary/aromatic N) is 3. The molecule has 1 N–H and O–H groups in total. The molecule has 0 bridgehead atoms. The lowest BCUT2D eigenvalue weighted by atomic mass is 9.88. The van der Waals surface area contributed by atoms with E-state index in [2.05, 4.69) is 16.1 Å². The number of hydrogen-bond donors (Lipinski definition) is 1. The summed E-state index contributed by atoms with van der Waals surface area (Å²) in [6.45, 7) is 2.65. The lowest BCUT2D eigenvalue weighted by Crippen LogP contribution is -2.31. The van der Waals surface area contributed by atoms with Gasteiger partial charge in [0.25, 0.3) is 0 Å². The summed E-state index contributed by atoms with van der Waals surface area (Å²) >= 11 is 0. The van der Waals surface area contributed by atoms with Crippen LogP contribution in [0, 0.1) is 5.82 Å². The predicted molar refractivity (Wildman–Crippen MR) is 104 cm³/mol. The van der Waals surface area contributed by atoms with Crippen LogP contribution in [0.25, 0.3) is 10.9 Å². The van der Waals surface area contributed by atoms with E-state index in [1.165, 1.54) is 49.4 Å². The van der Waals surface area contributed by atoms with Crippen molar-refractivity contribution in [2.75, 3.05) is 6.54 Å². The zero-order valence-electron chi connectivity index (χ0n) is 15.5. The SMILES string of the molecule is Fc1ccc2[nH]cc(CN3CCc4cnc(C5CCCCC5)nc4C3)c2c1. The summed E-state index contributed by atoms with van der Waals surface area (Å²) in [5.41, 5.74) is 4.61. The fourth-order valence-corrected chi connectivity index (χ4v) is 4.59. The van der Waals surface area contributed by atoms with E-state index in [9.17, 15) is 4.39 Å². The van der Waals surface area contributed by atoms with Crippen molar-refractivity contribution in [3.05, 3.63) is 59.1 Å². The standard InChI is InChI=1S/C22H25FN4/c23-18-6-7-20-19(10-18)17(12-24-20)13-27-9-8-16-11-25-22(26-21(16)14-27)15-4-2-1-3-5-15/h6-7,10-12,15,24H,1-5,8-9,13-14H2. The van der Waals surface area contributed by atoms with Gasteiger partial charge in [0.1, 0.15) is 11.6 Å². The summed E-state index contributed by atoms with van der Waals surface area (Å²) in [4.78, 5) is 15.3. The Bertz CT molecular complexity index is 958. The molecule has 1 aliphatic carbocycles. The zero-order valence-corrected chi connectivity index (χ0v) is 15.5. The lowest BCUT2D eigenvalue weighted by molar-refractivity contribution is 0.241. The molecule has 0 spiro atoms. The van der Waals surface area contributed by atoms with Gasteiger partial charge >= 0.3 is 0 Å². The van der Waals surface area contributed by atoms with Gasteiger partial charge < -0.3 is 4.98 Å². The van der Waals surface area contributed by atoms with Crippen LogP contribution in [0.15, 0.2) is 30.6 Å². The first-order chi connectivity index (χ1) is 13.3. The van der Waals surface area contributed by atoms with Crippen LogP contribution in [0.2, 0.25) is 0 Å². The largest absolute Gasteiger partial charge is 0.361 e. The number of aromatic nitrogens is 3. The Hall–Kier alpha value is -2.27. The summed E-state index contributed by atoms with van der Waals surface area (Å²) in [7, 11) is 0. The fraction of sp³-hybridized carbons (Fsp3) is 0.455. The molecule has 1 saturated carbocycles. The molecule has 0 unspecified atom stereocenters. The number of hydrogen-bond acceptors (Lipinski definition) is 3. The molecule has 140 valence electrons. The second-order valence-corrected chi connectivity index (χ2v) is 8.00. The first-order valence-corrected chi connectivity index (χ1v) is 10.1. The van der Waals surface area contributed by atoms with E-state index >= 15 is 0 Å². The summed E-state index contributed by atoms with van der Waals surface area (Å²) in [6, 6.07) is 4.94. The Balaban J connectivity index is 1.36. The van der Waals surface area contributed by atoms with Crippen LogP contribution in [-0.2, 0) is 19.5 Å². The van der Waals surface area contributed by atoms with Gasteiger partial charge in [-0.05, 0) is 48.6 Å². The first-order valence-electron chi connectivity index (χ1n) is 10.1. The van der Waals surface area contributed by atoms with Crippen molar-refractivity contribution < 1.29 is 4.39 Å². The third-order valence-electron chi connectivity index (χ3n) is 6.14. The number of rotatable bonds is 3. The highest BCUT2D eigenvalue weighted by molar-refractivity contribution is 5.83. The van der Waals surface area contributed by atoms with Crippen LogP contribution < -0.4 is 0 Å². The van der Waals surface area contributed by atoms with Gasteiger partial charge in [-0.3, -0.25) is 4.90 Å². The minimum atomic E-state index is -0.183. The lowest BCUT2D eigenvalue weighted by Gasteiger charge is -2.29. The fourth-order valence-electron chi connectivity index (χ4n) is 4.59. The van der Waals surface area contributed by atoms with Crippen molar-refractivity contribution in [3.63, 3.8) is 0 Å². The van der Waals surface area contributed by atoms with Gasteiger partial charge in [0.05, 0.1) is 5.69 Å². The average molecular weight is 364 g/mol. The van der Waals surface area contributed by atoms with Crippen molar-refractivity contribution in [1.29, 1.82) is 0 Å². The first kappa shape index (κ1) is 16.9. The number of nitrogens with one attached hydrogen (secondary N) is 1. The molecule has 0 radical (unpaired) electrons. The molecular formula is C22H25FN4. The van der Waals surface area contributed by atoms with Crippen LogP contribution in [0.3, 0.4) is 0 Å². The van der Waals surface area contributed by atoms with Crippen LogP contribution in [0.1, 0.15) is 60.7 Å².